The van der Waals surface area contributed by atoms with Crippen molar-refractivity contribution in [2.75, 3.05) is 0 Å². The molecule has 0 saturated carbocycles. The van der Waals surface area contributed by atoms with E-state index in [9.17, 15) is 9.59 Å². The van der Waals surface area contributed by atoms with Crippen molar-refractivity contribution < 1.29 is 28.2 Å². The average molecular weight is 564 g/mol. The quantitative estimate of drug-likeness (QED) is 0.222. The maximum Gasteiger partial charge on any atom is 0.341 e. The highest BCUT2D eigenvalue weighted by atomic mass is 35.5. The van der Waals surface area contributed by atoms with Gasteiger partial charge in [0.05, 0.1) is 27.2 Å². The van der Waals surface area contributed by atoms with Crippen LogP contribution in [0.15, 0.2) is 78.9 Å². The fourth-order valence-corrected chi connectivity index (χ4v) is 4.80. The number of H-pyrrole nitrogens is 1. The SMILES string of the molecule is O=C(O[C@@H]1[C@@H](C(Cl)OC(=O)c2ccccc2Cl)O[C@@H](c2nc3ccccc3[nH]2)[C@]1(F)Cl)c1ccccc1. The summed E-state index contributed by atoms with van der Waals surface area (Å²) in [6.45, 7) is 0. The van der Waals surface area contributed by atoms with Crippen LogP contribution in [0.5, 0.6) is 0 Å². The van der Waals surface area contributed by atoms with Gasteiger partial charge in [0.25, 0.3) is 5.13 Å². The number of nitrogens with one attached hydrogen (secondary N) is 1. The van der Waals surface area contributed by atoms with Crippen molar-refractivity contribution in [3.8, 4) is 0 Å². The Morgan fingerprint density at radius 3 is 2.41 bits per heavy atom. The zero-order valence-electron chi connectivity index (χ0n) is 18.8. The van der Waals surface area contributed by atoms with Crippen molar-refractivity contribution in [1.82, 2.24) is 9.97 Å². The number of fused-ring (bicyclic) bond motifs is 1. The number of rotatable bonds is 6. The second kappa shape index (κ2) is 10.3. The maximum atomic E-state index is 16.2. The lowest BCUT2D eigenvalue weighted by Gasteiger charge is -2.26. The Hall–Kier alpha value is -3.17. The summed E-state index contributed by atoms with van der Waals surface area (Å²) in [5, 5.41) is -2.69. The highest BCUT2D eigenvalue weighted by Gasteiger charge is 2.63. The summed E-state index contributed by atoms with van der Waals surface area (Å²) in [7, 11) is 0. The van der Waals surface area contributed by atoms with Gasteiger partial charge in [-0.25, -0.2) is 19.0 Å². The lowest BCUT2D eigenvalue weighted by atomic mass is 10.1. The molecule has 1 saturated heterocycles. The van der Waals surface area contributed by atoms with Crippen LogP contribution in [-0.4, -0.2) is 44.8 Å². The number of esters is 2. The number of alkyl halides is 3. The molecule has 0 spiro atoms. The molecular formula is C26H18Cl3FN2O5. The molecule has 0 aliphatic carbocycles. The van der Waals surface area contributed by atoms with Gasteiger partial charge in [-0.15, -0.1) is 0 Å². The third-order valence-electron chi connectivity index (χ3n) is 5.79. The normalized spacial score (nSPS) is 24.1. The number of carbonyl (C=O) groups excluding carboxylic acids is 2. The van der Waals surface area contributed by atoms with E-state index in [-0.39, 0.29) is 22.0 Å². The number of carbonyl (C=O) groups is 2. The Balaban J connectivity index is 1.46. The van der Waals surface area contributed by atoms with E-state index in [0.717, 1.165) is 0 Å². The molecule has 5 atom stereocenters. The van der Waals surface area contributed by atoms with Crippen LogP contribution in [0.1, 0.15) is 32.6 Å². The smallest absolute Gasteiger partial charge is 0.341 e. The van der Waals surface area contributed by atoms with E-state index in [1.54, 1.807) is 54.6 Å². The number of para-hydroxylation sites is 2. The molecule has 1 N–H and O–H groups in total. The molecule has 37 heavy (non-hydrogen) atoms. The van der Waals surface area contributed by atoms with Crippen molar-refractivity contribution in [1.29, 1.82) is 0 Å². The summed E-state index contributed by atoms with van der Waals surface area (Å²) in [5.74, 6) is -1.70. The van der Waals surface area contributed by atoms with Crippen molar-refractivity contribution in [2.45, 2.75) is 29.0 Å². The van der Waals surface area contributed by atoms with E-state index in [0.29, 0.717) is 11.0 Å². The molecule has 1 aliphatic rings. The molecule has 190 valence electrons. The summed E-state index contributed by atoms with van der Waals surface area (Å²) >= 11 is 18.8. The Morgan fingerprint density at radius 1 is 1.00 bits per heavy atom. The number of imidazole rings is 1. The first kappa shape index (κ1) is 25.5. The third kappa shape index (κ3) is 5.02. The van der Waals surface area contributed by atoms with Crippen molar-refractivity contribution >= 4 is 57.8 Å². The van der Waals surface area contributed by atoms with Crippen LogP contribution in [-0.2, 0) is 14.2 Å². The number of halogens is 4. The molecule has 5 rings (SSSR count). The van der Waals surface area contributed by atoms with Crippen LogP contribution in [0.3, 0.4) is 0 Å². The largest absolute Gasteiger partial charge is 0.451 e. The predicted molar refractivity (Wildman–Crippen MR) is 136 cm³/mol. The molecule has 0 amide bonds. The first-order chi connectivity index (χ1) is 17.8. The monoisotopic (exact) mass is 562 g/mol. The summed E-state index contributed by atoms with van der Waals surface area (Å²) < 4.78 is 32.9. The number of nitrogens with zero attached hydrogens (tertiary/aromatic N) is 1. The second-order valence-electron chi connectivity index (χ2n) is 8.22. The van der Waals surface area contributed by atoms with Crippen LogP contribution in [0.25, 0.3) is 11.0 Å². The minimum absolute atomic E-state index is 0.0388. The fraction of sp³-hybridized carbons (Fsp3) is 0.192. The van der Waals surface area contributed by atoms with Gasteiger partial charge in [0, 0.05) is 0 Å². The molecule has 2 heterocycles. The number of hydrogen-bond acceptors (Lipinski definition) is 6. The van der Waals surface area contributed by atoms with Crippen molar-refractivity contribution in [2.24, 2.45) is 0 Å². The van der Waals surface area contributed by atoms with E-state index in [4.69, 9.17) is 49.0 Å². The average Bonchev–Trinajstić information content (AvgIpc) is 3.42. The fourth-order valence-electron chi connectivity index (χ4n) is 3.99. The van der Waals surface area contributed by atoms with Crippen molar-refractivity contribution in [3.63, 3.8) is 0 Å². The van der Waals surface area contributed by atoms with E-state index >= 15 is 4.39 Å². The van der Waals surface area contributed by atoms with E-state index in [2.05, 4.69) is 9.97 Å². The number of benzene rings is 3. The minimum Gasteiger partial charge on any atom is -0.451 e. The lowest BCUT2D eigenvalue weighted by Crippen LogP contribution is -2.44. The topological polar surface area (TPSA) is 90.5 Å². The number of ether oxygens (including phenoxy) is 3. The van der Waals surface area contributed by atoms with Gasteiger partial charge in [0.2, 0.25) is 5.56 Å². The molecule has 7 nitrogen and oxygen atoms in total. The minimum atomic E-state index is -2.83. The van der Waals surface area contributed by atoms with Gasteiger partial charge in [0.15, 0.2) is 18.3 Å². The first-order valence-corrected chi connectivity index (χ1v) is 12.3. The summed E-state index contributed by atoms with van der Waals surface area (Å²) in [5.41, 5.74) is -0.262. The third-order valence-corrected chi connectivity index (χ3v) is 6.87. The Morgan fingerprint density at radius 2 is 1.68 bits per heavy atom. The number of aromatic amines is 1. The Bertz CT molecular complexity index is 1420. The highest BCUT2D eigenvalue weighted by Crippen LogP contribution is 2.50. The summed E-state index contributed by atoms with van der Waals surface area (Å²) in [6, 6.07) is 21.1. The van der Waals surface area contributed by atoms with Crippen LogP contribution < -0.4 is 0 Å². The van der Waals surface area contributed by atoms with Gasteiger partial charge < -0.3 is 19.2 Å². The number of aromatic nitrogens is 2. The zero-order chi connectivity index (χ0) is 26.2. The van der Waals surface area contributed by atoms with Crippen LogP contribution >= 0.6 is 34.8 Å². The van der Waals surface area contributed by atoms with Gasteiger partial charge in [-0.05, 0) is 36.4 Å². The van der Waals surface area contributed by atoms with E-state index in [1.807, 2.05) is 0 Å². The molecule has 0 radical (unpaired) electrons. The lowest BCUT2D eigenvalue weighted by molar-refractivity contribution is -0.0567. The van der Waals surface area contributed by atoms with Crippen LogP contribution in [0.4, 0.5) is 4.39 Å². The standard InChI is InChI=1S/C26H18Cl3FN2O5/c27-16-11-5-4-10-15(16)25(34)37-22(28)19-20(36-24(33)14-8-2-1-3-9-14)26(29,30)21(35-19)23-31-17-12-6-7-13-18(17)32-23/h1-13,19-22H,(H,31,32)/t19-,20+,21-,22?,26-/m0/s1. The van der Waals surface area contributed by atoms with Gasteiger partial charge in [-0.2, -0.15) is 0 Å². The summed E-state index contributed by atoms with van der Waals surface area (Å²) in [4.78, 5) is 32.9. The van der Waals surface area contributed by atoms with Gasteiger partial charge in [-0.1, -0.05) is 77.3 Å². The van der Waals surface area contributed by atoms with Crippen LogP contribution in [0.2, 0.25) is 5.02 Å². The molecule has 11 heteroatoms. The van der Waals surface area contributed by atoms with Gasteiger partial charge in [-0.3, -0.25) is 0 Å². The molecule has 3 aromatic carbocycles. The molecule has 1 fully saturated rings. The van der Waals surface area contributed by atoms with E-state index < -0.39 is 40.9 Å². The summed E-state index contributed by atoms with van der Waals surface area (Å²) in [6.07, 6.45) is -4.82. The molecule has 1 aromatic heterocycles. The van der Waals surface area contributed by atoms with Gasteiger partial charge in [0.1, 0.15) is 5.82 Å². The molecule has 1 aliphatic heterocycles. The molecule has 1 unspecified atom stereocenters. The second-order valence-corrected chi connectivity index (χ2v) is 9.64. The van der Waals surface area contributed by atoms with Crippen molar-refractivity contribution in [3.05, 3.63) is 101 Å². The van der Waals surface area contributed by atoms with Crippen LogP contribution in [0, 0.1) is 0 Å². The highest BCUT2D eigenvalue weighted by molar-refractivity contribution is 6.33. The predicted octanol–water partition coefficient (Wildman–Crippen LogP) is 6.21. The first-order valence-electron chi connectivity index (χ1n) is 11.1. The molecular weight excluding hydrogens is 546 g/mol. The number of hydrogen-bond donors (Lipinski definition) is 1. The maximum absolute atomic E-state index is 16.2. The van der Waals surface area contributed by atoms with Gasteiger partial charge >= 0.3 is 11.9 Å². The van der Waals surface area contributed by atoms with E-state index in [1.165, 1.54) is 24.3 Å². The Labute approximate surface area is 225 Å². The zero-order valence-corrected chi connectivity index (χ0v) is 21.1. The molecule has 4 aromatic rings. The Kier molecular flexibility index (Phi) is 7.09. The molecule has 0 bridgehead atoms.